The van der Waals surface area contributed by atoms with Crippen LogP contribution < -0.4 is 10.9 Å². The number of rotatable bonds is 4. The third-order valence-electron chi connectivity index (χ3n) is 3.81. The van der Waals surface area contributed by atoms with Crippen LogP contribution in [0.4, 0.5) is 15.8 Å². The summed E-state index contributed by atoms with van der Waals surface area (Å²) < 4.78 is 14.4. The van der Waals surface area contributed by atoms with Crippen LogP contribution in [0.25, 0.3) is 10.9 Å². The summed E-state index contributed by atoms with van der Waals surface area (Å²) in [7, 11) is 0. The number of carbonyl (C=O) groups is 1. The molecule has 1 heterocycles. The largest absolute Gasteiger partial charge is 0.324 e. The summed E-state index contributed by atoms with van der Waals surface area (Å²) in [6.45, 7) is 1.33. The second kappa shape index (κ2) is 6.71. The molecular formula is C17H13FN4O4. The van der Waals surface area contributed by atoms with Gasteiger partial charge in [-0.2, -0.15) is 0 Å². The van der Waals surface area contributed by atoms with Crippen molar-refractivity contribution >= 4 is 28.2 Å². The third-order valence-corrected chi connectivity index (χ3v) is 3.81. The van der Waals surface area contributed by atoms with Crippen LogP contribution in [-0.2, 0) is 11.3 Å². The Hall–Kier alpha value is -3.62. The molecule has 1 amide bonds. The second-order valence-corrected chi connectivity index (χ2v) is 5.64. The second-order valence-electron chi connectivity index (χ2n) is 5.64. The summed E-state index contributed by atoms with van der Waals surface area (Å²) in [4.78, 5) is 38.9. The number of halogens is 1. The molecule has 0 radical (unpaired) electrons. The molecule has 3 rings (SSSR count). The highest BCUT2D eigenvalue weighted by Crippen LogP contribution is 2.21. The molecule has 0 aliphatic heterocycles. The van der Waals surface area contributed by atoms with E-state index in [-0.39, 0.29) is 23.3 Å². The molecule has 0 spiro atoms. The topological polar surface area (TPSA) is 107 Å². The Balaban J connectivity index is 1.86. The SMILES string of the molecule is Cc1ccc([N+](=O)[O-])cc1NC(=O)Cn1cnc2ccc(F)cc2c1=O. The number of hydrogen-bond donors (Lipinski definition) is 1. The summed E-state index contributed by atoms with van der Waals surface area (Å²) in [5.74, 6) is -1.14. The van der Waals surface area contributed by atoms with Crippen LogP contribution in [0.3, 0.4) is 0 Å². The van der Waals surface area contributed by atoms with Gasteiger partial charge in [-0.3, -0.25) is 24.3 Å². The molecule has 1 N–H and O–H groups in total. The van der Waals surface area contributed by atoms with Crippen LogP contribution in [0.15, 0.2) is 47.5 Å². The van der Waals surface area contributed by atoms with Gasteiger partial charge in [0.05, 0.1) is 27.8 Å². The van der Waals surface area contributed by atoms with Crippen molar-refractivity contribution in [2.24, 2.45) is 0 Å². The molecular weight excluding hydrogens is 343 g/mol. The summed E-state index contributed by atoms with van der Waals surface area (Å²) in [5.41, 5.74) is 0.515. The molecule has 0 unspecified atom stereocenters. The van der Waals surface area contributed by atoms with Crippen LogP contribution >= 0.6 is 0 Å². The van der Waals surface area contributed by atoms with Crippen molar-refractivity contribution in [3.05, 3.63) is 74.6 Å². The minimum atomic E-state index is -0.578. The van der Waals surface area contributed by atoms with Crippen molar-refractivity contribution in [3.63, 3.8) is 0 Å². The molecule has 0 aliphatic rings. The van der Waals surface area contributed by atoms with E-state index in [0.29, 0.717) is 11.1 Å². The number of nitrogens with one attached hydrogen (secondary N) is 1. The molecule has 0 atom stereocenters. The fourth-order valence-electron chi connectivity index (χ4n) is 2.45. The Bertz CT molecular complexity index is 1090. The van der Waals surface area contributed by atoms with Gasteiger partial charge in [-0.05, 0) is 30.7 Å². The maximum atomic E-state index is 13.3. The van der Waals surface area contributed by atoms with Gasteiger partial charge in [0.25, 0.3) is 11.2 Å². The average molecular weight is 356 g/mol. The van der Waals surface area contributed by atoms with Crippen molar-refractivity contribution in [2.75, 3.05) is 5.32 Å². The summed E-state index contributed by atoms with van der Waals surface area (Å²) in [5, 5.41) is 13.4. The van der Waals surface area contributed by atoms with Crippen molar-refractivity contribution in [1.29, 1.82) is 0 Å². The monoisotopic (exact) mass is 356 g/mol. The number of nitro benzene ring substituents is 1. The number of amides is 1. The van der Waals surface area contributed by atoms with Gasteiger partial charge in [-0.1, -0.05) is 6.07 Å². The van der Waals surface area contributed by atoms with E-state index in [0.717, 1.165) is 10.6 Å². The number of aromatic nitrogens is 2. The number of nitrogens with zero attached hydrogens (tertiary/aromatic N) is 3. The molecule has 3 aromatic rings. The lowest BCUT2D eigenvalue weighted by Gasteiger charge is -2.10. The number of nitro groups is 1. The molecule has 8 nitrogen and oxygen atoms in total. The minimum Gasteiger partial charge on any atom is -0.324 e. The van der Waals surface area contributed by atoms with Gasteiger partial charge >= 0.3 is 0 Å². The Morgan fingerprint density at radius 1 is 1.31 bits per heavy atom. The molecule has 26 heavy (non-hydrogen) atoms. The zero-order valence-electron chi connectivity index (χ0n) is 13.6. The van der Waals surface area contributed by atoms with Crippen LogP contribution in [-0.4, -0.2) is 20.4 Å². The van der Waals surface area contributed by atoms with Gasteiger partial charge in [-0.25, -0.2) is 9.37 Å². The van der Waals surface area contributed by atoms with Gasteiger partial charge in [-0.15, -0.1) is 0 Å². The van der Waals surface area contributed by atoms with E-state index in [2.05, 4.69) is 10.3 Å². The van der Waals surface area contributed by atoms with E-state index in [1.165, 1.54) is 36.7 Å². The Morgan fingerprint density at radius 2 is 2.08 bits per heavy atom. The molecule has 2 aromatic carbocycles. The minimum absolute atomic E-state index is 0.0619. The van der Waals surface area contributed by atoms with Gasteiger partial charge in [0.1, 0.15) is 12.4 Å². The fourth-order valence-corrected chi connectivity index (χ4v) is 2.45. The first kappa shape index (κ1) is 17.2. The molecule has 1 aromatic heterocycles. The van der Waals surface area contributed by atoms with E-state index in [1.54, 1.807) is 6.92 Å². The van der Waals surface area contributed by atoms with E-state index in [1.807, 2.05) is 0 Å². The molecule has 0 aliphatic carbocycles. The number of benzene rings is 2. The Kier molecular flexibility index (Phi) is 4.44. The van der Waals surface area contributed by atoms with Crippen LogP contribution in [0.2, 0.25) is 0 Å². The lowest BCUT2D eigenvalue weighted by Crippen LogP contribution is -2.28. The highest BCUT2D eigenvalue weighted by Gasteiger charge is 2.13. The van der Waals surface area contributed by atoms with E-state index in [9.17, 15) is 24.1 Å². The number of fused-ring (bicyclic) bond motifs is 1. The van der Waals surface area contributed by atoms with Crippen LogP contribution in [0, 0.1) is 22.9 Å². The number of non-ortho nitro benzene ring substituents is 1. The van der Waals surface area contributed by atoms with Gasteiger partial charge < -0.3 is 5.32 Å². The van der Waals surface area contributed by atoms with Crippen LogP contribution in [0.1, 0.15) is 5.56 Å². The first-order valence-electron chi connectivity index (χ1n) is 7.55. The van der Waals surface area contributed by atoms with Gasteiger partial charge in [0.2, 0.25) is 5.91 Å². The zero-order valence-corrected chi connectivity index (χ0v) is 13.6. The summed E-state index contributed by atoms with van der Waals surface area (Å²) >= 11 is 0. The Labute approximate surface area is 146 Å². The van der Waals surface area contributed by atoms with Crippen molar-refractivity contribution < 1.29 is 14.1 Å². The first-order chi connectivity index (χ1) is 12.3. The number of anilines is 1. The quantitative estimate of drug-likeness (QED) is 0.570. The predicted octanol–water partition coefficient (Wildman–Crippen LogP) is 2.39. The molecule has 0 saturated carbocycles. The standard InChI is InChI=1S/C17H13FN4O4/c1-10-2-4-12(22(25)26)7-15(10)20-16(23)8-21-9-19-14-5-3-11(18)6-13(14)17(21)24/h2-7,9H,8H2,1H3,(H,20,23). The number of hydrogen-bond acceptors (Lipinski definition) is 5. The highest BCUT2D eigenvalue weighted by molar-refractivity contribution is 5.92. The van der Waals surface area contributed by atoms with Crippen molar-refractivity contribution in [3.8, 4) is 0 Å². The van der Waals surface area contributed by atoms with E-state index < -0.39 is 22.2 Å². The maximum absolute atomic E-state index is 13.3. The highest BCUT2D eigenvalue weighted by atomic mass is 19.1. The van der Waals surface area contributed by atoms with E-state index >= 15 is 0 Å². The molecule has 132 valence electrons. The molecule has 9 heteroatoms. The predicted molar refractivity (Wildman–Crippen MR) is 92.4 cm³/mol. The average Bonchev–Trinajstić information content (AvgIpc) is 2.59. The van der Waals surface area contributed by atoms with Crippen LogP contribution in [0.5, 0.6) is 0 Å². The lowest BCUT2D eigenvalue weighted by molar-refractivity contribution is -0.384. The first-order valence-corrected chi connectivity index (χ1v) is 7.55. The smallest absolute Gasteiger partial charge is 0.271 e. The van der Waals surface area contributed by atoms with E-state index in [4.69, 9.17) is 0 Å². The third kappa shape index (κ3) is 3.41. The number of aryl methyl sites for hydroxylation is 1. The summed E-state index contributed by atoms with van der Waals surface area (Å²) in [6, 6.07) is 7.71. The normalized spacial score (nSPS) is 10.7. The van der Waals surface area contributed by atoms with Gasteiger partial charge in [0, 0.05) is 12.1 Å². The lowest BCUT2D eigenvalue weighted by atomic mass is 10.2. The molecule has 0 bridgehead atoms. The molecule has 0 fully saturated rings. The zero-order chi connectivity index (χ0) is 18.8. The van der Waals surface area contributed by atoms with Crippen molar-refractivity contribution in [2.45, 2.75) is 13.5 Å². The molecule has 0 saturated heterocycles. The van der Waals surface area contributed by atoms with Crippen molar-refractivity contribution in [1.82, 2.24) is 9.55 Å². The summed E-state index contributed by atoms with van der Waals surface area (Å²) in [6.07, 6.45) is 1.20. The maximum Gasteiger partial charge on any atom is 0.271 e. The number of carbonyl (C=O) groups excluding carboxylic acids is 1. The Morgan fingerprint density at radius 3 is 2.81 bits per heavy atom. The van der Waals surface area contributed by atoms with Gasteiger partial charge in [0.15, 0.2) is 0 Å². The fraction of sp³-hybridized carbons (Fsp3) is 0.118.